The van der Waals surface area contributed by atoms with Crippen LogP contribution in [0, 0.1) is 0 Å². The molecule has 0 aromatic carbocycles. The molecule has 1 aromatic heterocycles. The number of carbonyl (C=O) groups is 3. The fourth-order valence-electron chi connectivity index (χ4n) is 1.19. The molecule has 98 valence electrons. The normalized spacial score (nSPS) is 11.8. The van der Waals surface area contributed by atoms with Crippen molar-refractivity contribution in [2.24, 2.45) is 0 Å². The molecule has 0 aliphatic rings. The fraction of sp³-hybridized carbons (Fsp3) is 0.333. The Labute approximate surface area is 105 Å². The van der Waals surface area contributed by atoms with Crippen LogP contribution in [0.3, 0.4) is 0 Å². The molecular formula is C9H11N3O5S. The molecule has 0 spiro atoms. The summed E-state index contributed by atoms with van der Waals surface area (Å²) in [5, 5.41) is 21.2. The highest BCUT2D eigenvalue weighted by atomic mass is 32.1. The fourth-order valence-corrected chi connectivity index (χ4v) is 1.75. The first-order chi connectivity index (χ1) is 8.38. The van der Waals surface area contributed by atoms with Gasteiger partial charge < -0.3 is 21.3 Å². The maximum atomic E-state index is 11.5. The summed E-state index contributed by atoms with van der Waals surface area (Å²) in [6, 6.07) is -1.45. The molecule has 0 aliphatic heterocycles. The Hall–Kier alpha value is -2.16. The van der Waals surface area contributed by atoms with E-state index in [2.05, 4.69) is 10.3 Å². The van der Waals surface area contributed by atoms with Gasteiger partial charge in [0, 0.05) is 5.38 Å². The molecule has 18 heavy (non-hydrogen) atoms. The maximum absolute atomic E-state index is 11.5. The topological polar surface area (TPSA) is 143 Å². The second-order valence-corrected chi connectivity index (χ2v) is 4.30. The highest BCUT2D eigenvalue weighted by Gasteiger charge is 2.23. The van der Waals surface area contributed by atoms with E-state index in [0.717, 1.165) is 11.3 Å². The average molecular weight is 273 g/mol. The third-order valence-electron chi connectivity index (χ3n) is 1.92. The summed E-state index contributed by atoms with van der Waals surface area (Å²) in [4.78, 5) is 36.4. The molecule has 0 radical (unpaired) electrons. The zero-order valence-corrected chi connectivity index (χ0v) is 9.94. The predicted molar refractivity (Wildman–Crippen MR) is 62.0 cm³/mol. The summed E-state index contributed by atoms with van der Waals surface area (Å²) >= 11 is 1.16. The molecular weight excluding hydrogens is 262 g/mol. The Morgan fingerprint density at radius 1 is 1.44 bits per heavy atom. The number of nitrogens with two attached hydrogens (primary N) is 1. The standard InChI is InChI=1S/C9H11N3O5S/c10-9-11-4(3-18-9)1-6(13)12-5(8(16)17)2-7(14)15/h3,5H,1-2H2,(H2,10,11)(H,12,13)(H,14,15)(H,16,17)/t5-/m0/s1. The molecule has 0 aliphatic carbocycles. The van der Waals surface area contributed by atoms with Gasteiger partial charge in [-0.2, -0.15) is 0 Å². The number of carboxylic acid groups (broad SMARTS) is 2. The molecule has 1 amide bonds. The van der Waals surface area contributed by atoms with E-state index in [-0.39, 0.29) is 6.42 Å². The molecule has 5 N–H and O–H groups in total. The van der Waals surface area contributed by atoms with Gasteiger partial charge >= 0.3 is 11.9 Å². The van der Waals surface area contributed by atoms with Gasteiger partial charge in [0.25, 0.3) is 0 Å². The molecule has 0 fully saturated rings. The van der Waals surface area contributed by atoms with Gasteiger partial charge in [-0.1, -0.05) is 0 Å². The van der Waals surface area contributed by atoms with E-state index in [9.17, 15) is 14.4 Å². The van der Waals surface area contributed by atoms with Crippen molar-refractivity contribution in [1.82, 2.24) is 10.3 Å². The SMILES string of the molecule is Nc1nc(CC(=O)N[C@@H](CC(=O)O)C(=O)O)cs1. The van der Waals surface area contributed by atoms with Gasteiger partial charge in [0.2, 0.25) is 5.91 Å². The van der Waals surface area contributed by atoms with Crippen LogP contribution in [0.4, 0.5) is 5.13 Å². The minimum absolute atomic E-state index is 0.142. The van der Waals surface area contributed by atoms with Crippen LogP contribution in [0.1, 0.15) is 12.1 Å². The van der Waals surface area contributed by atoms with Crippen molar-refractivity contribution in [3.63, 3.8) is 0 Å². The molecule has 8 nitrogen and oxygen atoms in total. The van der Waals surface area contributed by atoms with Crippen molar-refractivity contribution in [1.29, 1.82) is 0 Å². The van der Waals surface area contributed by atoms with Crippen LogP contribution in [-0.4, -0.2) is 39.1 Å². The number of carbonyl (C=O) groups excluding carboxylic acids is 1. The third-order valence-corrected chi connectivity index (χ3v) is 2.65. The van der Waals surface area contributed by atoms with E-state index in [4.69, 9.17) is 15.9 Å². The number of carboxylic acids is 2. The number of anilines is 1. The monoisotopic (exact) mass is 273 g/mol. The Morgan fingerprint density at radius 2 is 2.11 bits per heavy atom. The number of thiazole rings is 1. The molecule has 9 heteroatoms. The third kappa shape index (κ3) is 4.37. The number of nitrogen functional groups attached to an aromatic ring is 1. The predicted octanol–water partition coefficient (Wildman–Crippen LogP) is -0.688. The summed E-state index contributed by atoms with van der Waals surface area (Å²) in [5.74, 6) is -3.32. The first-order valence-corrected chi connectivity index (χ1v) is 5.70. The van der Waals surface area contributed by atoms with Crippen LogP contribution in [-0.2, 0) is 20.8 Å². The summed E-state index contributed by atoms with van der Waals surface area (Å²) in [7, 11) is 0. The van der Waals surface area contributed by atoms with Crippen molar-refractivity contribution in [3.8, 4) is 0 Å². The Morgan fingerprint density at radius 3 is 2.56 bits per heavy atom. The molecule has 1 atom stereocenters. The average Bonchev–Trinajstić information content (AvgIpc) is 2.62. The lowest BCUT2D eigenvalue weighted by Crippen LogP contribution is -2.42. The van der Waals surface area contributed by atoms with E-state index in [0.29, 0.717) is 10.8 Å². The highest BCUT2D eigenvalue weighted by Crippen LogP contribution is 2.11. The molecule has 1 rings (SSSR count). The molecule has 0 unspecified atom stereocenters. The maximum Gasteiger partial charge on any atom is 0.326 e. The van der Waals surface area contributed by atoms with Gasteiger partial charge in [-0.3, -0.25) is 9.59 Å². The van der Waals surface area contributed by atoms with Crippen molar-refractivity contribution < 1.29 is 24.6 Å². The number of aliphatic carboxylic acids is 2. The van der Waals surface area contributed by atoms with E-state index in [1.165, 1.54) is 0 Å². The summed E-state index contributed by atoms with van der Waals surface area (Å²) < 4.78 is 0. The number of nitrogens with one attached hydrogen (secondary N) is 1. The quantitative estimate of drug-likeness (QED) is 0.537. The summed E-state index contributed by atoms with van der Waals surface area (Å²) in [6.07, 6.45) is -0.822. The molecule has 1 heterocycles. The van der Waals surface area contributed by atoms with Crippen molar-refractivity contribution in [2.45, 2.75) is 18.9 Å². The number of hydrogen-bond acceptors (Lipinski definition) is 6. The molecule has 0 saturated heterocycles. The van der Waals surface area contributed by atoms with Crippen LogP contribution in [0.2, 0.25) is 0 Å². The first kappa shape index (κ1) is 13.9. The van der Waals surface area contributed by atoms with Crippen LogP contribution < -0.4 is 11.1 Å². The van der Waals surface area contributed by atoms with E-state index >= 15 is 0 Å². The van der Waals surface area contributed by atoms with Crippen molar-refractivity contribution in [2.75, 3.05) is 5.73 Å². The number of hydrogen-bond donors (Lipinski definition) is 4. The number of rotatable bonds is 6. The molecule has 1 aromatic rings. The largest absolute Gasteiger partial charge is 0.481 e. The van der Waals surface area contributed by atoms with Crippen molar-refractivity contribution in [3.05, 3.63) is 11.1 Å². The Bertz CT molecular complexity index is 473. The van der Waals surface area contributed by atoms with Crippen LogP contribution in [0.25, 0.3) is 0 Å². The van der Waals surface area contributed by atoms with Gasteiger partial charge in [-0.25, -0.2) is 9.78 Å². The lowest BCUT2D eigenvalue weighted by atomic mass is 10.2. The van der Waals surface area contributed by atoms with E-state index in [1.807, 2.05) is 0 Å². The van der Waals surface area contributed by atoms with Gasteiger partial charge in [0.15, 0.2) is 5.13 Å². The number of amides is 1. The smallest absolute Gasteiger partial charge is 0.326 e. The zero-order chi connectivity index (χ0) is 13.7. The highest BCUT2D eigenvalue weighted by molar-refractivity contribution is 7.13. The second-order valence-electron chi connectivity index (χ2n) is 3.41. The zero-order valence-electron chi connectivity index (χ0n) is 9.12. The number of aromatic nitrogens is 1. The Kier molecular flexibility index (Phi) is 4.60. The second kappa shape index (κ2) is 5.96. The minimum atomic E-state index is -1.45. The molecule has 0 bridgehead atoms. The summed E-state index contributed by atoms with van der Waals surface area (Å²) in [6.45, 7) is 0. The van der Waals surface area contributed by atoms with Crippen LogP contribution in [0.5, 0.6) is 0 Å². The van der Waals surface area contributed by atoms with Gasteiger partial charge in [-0.05, 0) is 0 Å². The first-order valence-electron chi connectivity index (χ1n) is 4.82. The molecule has 0 saturated carbocycles. The summed E-state index contributed by atoms with van der Waals surface area (Å²) in [5.41, 5.74) is 5.79. The van der Waals surface area contributed by atoms with Crippen LogP contribution >= 0.6 is 11.3 Å². The lowest BCUT2D eigenvalue weighted by Gasteiger charge is -2.11. The van der Waals surface area contributed by atoms with E-state index < -0.39 is 30.3 Å². The van der Waals surface area contributed by atoms with Gasteiger partial charge in [0.05, 0.1) is 18.5 Å². The number of nitrogens with zero attached hydrogens (tertiary/aromatic N) is 1. The van der Waals surface area contributed by atoms with Crippen molar-refractivity contribution >= 4 is 34.3 Å². The Balaban J connectivity index is 2.56. The van der Waals surface area contributed by atoms with Gasteiger partial charge in [-0.15, -0.1) is 11.3 Å². The lowest BCUT2D eigenvalue weighted by molar-refractivity contribution is -0.147. The van der Waals surface area contributed by atoms with Gasteiger partial charge in [0.1, 0.15) is 6.04 Å². The van der Waals surface area contributed by atoms with E-state index in [1.54, 1.807) is 5.38 Å². The van der Waals surface area contributed by atoms with Crippen LogP contribution in [0.15, 0.2) is 5.38 Å². The minimum Gasteiger partial charge on any atom is -0.481 e.